The van der Waals surface area contributed by atoms with Crippen LogP contribution in [-0.2, 0) is 4.74 Å². The molecule has 5 rings (SSSR count). The van der Waals surface area contributed by atoms with Crippen LogP contribution in [0.15, 0.2) is 57.7 Å². The van der Waals surface area contributed by atoms with Crippen molar-refractivity contribution in [1.29, 1.82) is 0 Å². The summed E-state index contributed by atoms with van der Waals surface area (Å²) in [6, 6.07) is 13.9. The van der Waals surface area contributed by atoms with Gasteiger partial charge in [-0.2, -0.15) is 0 Å². The Morgan fingerprint density at radius 2 is 1.70 bits per heavy atom. The molecule has 7 heteroatoms. The van der Waals surface area contributed by atoms with E-state index in [1.165, 1.54) is 0 Å². The summed E-state index contributed by atoms with van der Waals surface area (Å²) in [5.74, 6) is -0.110. The predicted molar refractivity (Wildman–Crippen MR) is 114 cm³/mol. The highest BCUT2D eigenvalue weighted by atomic mass is 35.5. The fraction of sp³-hybridized carbons (Fsp3) is 0.304. The van der Waals surface area contributed by atoms with Gasteiger partial charge < -0.3 is 14.1 Å². The molecule has 6 nitrogen and oxygen atoms in total. The highest BCUT2D eigenvalue weighted by molar-refractivity contribution is 6.30. The second-order valence-corrected chi connectivity index (χ2v) is 8.01. The number of morpholine rings is 1. The van der Waals surface area contributed by atoms with Crippen molar-refractivity contribution in [3.05, 3.63) is 80.7 Å². The van der Waals surface area contributed by atoms with E-state index in [9.17, 15) is 9.59 Å². The van der Waals surface area contributed by atoms with Gasteiger partial charge in [-0.1, -0.05) is 35.9 Å². The summed E-state index contributed by atoms with van der Waals surface area (Å²) in [6.07, 6.45) is 0. The molecule has 0 spiro atoms. The van der Waals surface area contributed by atoms with Gasteiger partial charge in [0.15, 0.2) is 5.43 Å². The highest BCUT2D eigenvalue weighted by Crippen LogP contribution is 2.38. The lowest BCUT2D eigenvalue weighted by Crippen LogP contribution is -2.42. The van der Waals surface area contributed by atoms with E-state index < -0.39 is 6.04 Å². The summed E-state index contributed by atoms with van der Waals surface area (Å²) >= 11 is 6.08. The maximum Gasteiger partial charge on any atom is 0.290 e. The molecule has 2 aliphatic rings. The first-order valence-corrected chi connectivity index (χ1v) is 10.4. The van der Waals surface area contributed by atoms with Crippen molar-refractivity contribution in [1.82, 2.24) is 9.80 Å². The Morgan fingerprint density at radius 1 is 0.967 bits per heavy atom. The number of para-hydroxylation sites is 1. The number of amides is 1. The molecule has 2 aliphatic heterocycles. The van der Waals surface area contributed by atoms with Crippen LogP contribution < -0.4 is 5.43 Å². The fourth-order valence-electron chi connectivity index (χ4n) is 4.26. The van der Waals surface area contributed by atoms with Gasteiger partial charge in [-0.15, -0.1) is 0 Å². The largest absolute Gasteiger partial charge is 0.450 e. The molecule has 1 atom stereocenters. The first kappa shape index (κ1) is 19.3. The van der Waals surface area contributed by atoms with Crippen molar-refractivity contribution in [2.45, 2.75) is 6.04 Å². The van der Waals surface area contributed by atoms with E-state index in [-0.39, 0.29) is 17.1 Å². The highest BCUT2D eigenvalue weighted by Gasteiger charge is 2.42. The zero-order chi connectivity index (χ0) is 20.7. The van der Waals surface area contributed by atoms with Gasteiger partial charge in [0.05, 0.1) is 30.2 Å². The first-order chi connectivity index (χ1) is 14.6. The number of ether oxygens (including phenoxy) is 1. The minimum atomic E-state index is -0.494. The van der Waals surface area contributed by atoms with Gasteiger partial charge in [0.25, 0.3) is 5.91 Å². The summed E-state index contributed by atoms with van der Waals surface area (Å²) in [5, 5.41) is 1.09. The number of hydrogen-bond donors (Lipinski definition) is 0. The van der Waals surface area contributed by atoms with Crippen molar-refractivity contribution in [3.63, 3.8) is 0 Å². The van der Waals surface area contributed by atoms with Crippen LogP contribution >= 0.6 is 11.6 Å². The Balaban J connectivity index is 1.59. The normalized spacial score (nSPS) is 19.4. The third-order valence-corrected chi connectivity index (χ3v) is 6.07. The molecule has 1 aromatic heterocycles. The summed E-state index contributed by atoms with van der Waals surface area (Å²) in [5.41, 5.74) is 1.52. The summed E-state index contributed by atoms with van der Waals surface area (Å²) < 4.78 is 11.4. The molecule has 0 N–H and O–H groups in total. The number of fused-ring (bicyclic) bond motifs is 2. The van der Waals surface area contributed by atoms with Gasteiger partial charge in [0.2, 0.25) is 5.76 Å². The SMILES string of the molecule is O=C1c2oc3ccccc3c(=O)c2[C@H](c2ccc(Cl)cc2)N1CCN1CCOCC1. The van der Waals surface area contributed by atoms with Crippen molar-refractivity contribution in [2.24, 2.45) is 0 Å². The van der Waals surface area contributed by atoms with Gasteiger partial charge in [0, 0.05) is 31.2 Å². The van der Waals surface area contributed by atoms with Crippen molar-refractivity contribution in [3.8, 4) is 0 Å². The molecular formula is C23H21ClN2O4. The number of carbonyl (C=O) groups is 1. The standard InChI is InChI=1S/C23H21ClN2O4/c24-16-7-5-15(6-8-16)20-19-21(27)17-3-1-2-4-18(17)30-22(19)23(28)26(20)10-9-25-11-13-29-14-12-25/h1-8,20H,9-14H2/t20-/m0/s1. The van der Waals surface area contributed by atoms with E-state index in [1.54, 1.807) is 41.3 Å². The number of nitrogens with zero attached hydrogens (tertiary/aromatic N) is 2. The van der Waals surface area contributed by atoms with Gasteiger partial charge in [-0.25, -0.2) is 0 Å². The molecule has 2 aromatic carbocycles. The van der Waals surface area contributed by atoms with E-state index in [1.807, 2.05) is 12.1 Å². The van der Waals surface area contributed by atoms with Crippen molar-refractivity contribution in [2.75, 3.05) is 39.4 Å². The zero-order valence-electron chi connectivity index (χ0n) is 16.3. The van der Waals surface area contributed by atoms with Crippen LogP contribution in [0.5, 0.6) is 0 Å². The van der Waals surface area contributed by atoms with Crippen LogP contribution in [0.2, 0.25) is 5.02 Å². The van der Waals surface area contributed by atoms with Crippen molar-refractivity contribution >= 4 is 28.5 Å². The van der Waals surface area contributed by atoms with Crippen LogP contribution in [0.1, 0.15) is 27.7 Å². The quantitative estimate of drug-likeness (QED) is 0.643. The molecule has 0 bridgehead atoms. The van der Waals surface area contributed by atoms with Gasteiger partial charge in [-0.05, 0) is 29.8 Å². The molecule has 0 saturated carbocycles. The average molecular weight is 425 g/mol. The predicted octanol–water partition coefficient (Wildman–Crippen LogP) is 3.32. The van der Waals surface area contributed by atoms with Crippen LogP contribution in [0.3, 0.4) is 0 Å². The molecule has 1 saturated heterocycles. The Hall–Kier alpha value is -2.67. The second kappa shape index (κ2) is 7.87. The van der Waals surface area contributed by atoms with E-state index in [0.717, 1.165) is 18.7 Å². The number of carbonyl (C=O) groups excluding carboxylic acids is 1. The Kier molecular flexibility index (Phi) is 5.06. The molecule has 1 amide bonds. The average Bonchev–Trinajstić information content (AvgIpc) is 3.06. The molecule has 3 aromatic rings. The smallest absolute Gasteiger partial charge is 0.290 e. The van der Waals surface area contributed by atoms with E-state index in [0.29, 0.717) is 47.9 Å². The third-order valence-electron chi connectivity index (χ3n) is 5.82. The lowest BCUT2D eigenvalue weighted by atomic mass is 9.98. The summed E-state index contributed by atoms with van der Waals surface area (Å²) in [4.78, 5) is 30.7. The van der Waals surface area contributed by atoms with Gasteiger partial charge in [0.1, 0.15) is 5.58 Å². The lowest BCUT2D eigenvalue weighted by Gasteiger charge is -2.31. The molecule has 154 valence electrons. The molecule has 3 heterocycles. The van der Waals surface area contributed by atoms with Gasteiger partial charge >= 0.3 is 0 Å². The van der Waals surface area contributed by atoms with E-state index >= 15 is 0 Å². The molecule has 30 heavy (non-hydrogen) atoms. The zero-order valence-corrected chi connectivity index (χ0v) is 17.1. The maximum atomic E-state index is 13.4. The van der Waals surface area contributed by atoms with E-state index in [2.05, 4.69) is 4.90 Å². The number of hydrogen-bond acceptors (Lipinski definition) is 5. The van der Waals surface area contributed by atoms with Crippen LogP contribution in [0.4, 0.5) is 0 Å². The molecule has 0 radical (unpaired) electrons. The lowest BCUT2D eigenvalue weighted by molar-refractivity contribution is 0.0314. The molecule has 0 unspecified atom stereocenters. The minimum absolute atomic E-state index is 0.139. The van der Waals surface area contributed by atoms with Gasteiger partial charge in [-0.3, -0.25) is 14.5 Å². The Morgan fingerprint density at radius 3 is 2.47 bits per heavy atom. The summed E-state index contributed by atoms with van der Waals surface area (Å²) in [6.45, 7) is 4.26. The molecule has 0 aliphatic carbocycles. The Bertz CT molecular complexity index is 1150. The third kappa shape index (κ3) is 3.31. The molecular weight excluding hydrogens is 404 g/mol. The minimum Gasteiger partial charge on any atom is -0.450 e. The van der Waals surface area contributed by atoms with Crippen molar-refractivity contribution < 1.29 is 13.9 Å². The first-order valence-electron chi connectivity index (χ1n) is 10.1. The fourth-order valence-corrected chi connectivity index (χ4v) is 4.39. The Labute approximate surface area is 178 Å². The van der Waals surface area contributed by atoms with Crippen LogP contribution in [-0.4, -0.2) is 55.1 Å². The van der Waals surface area contributed by atoms with E-state index in [4.69, 9.17) is 20.8 Å². The molecule has 1 fully saturated rings. The maximum absolute atomic E-state index is 13.4. The number of benzene rings is 2. The number of rotatable bonds is 4. The summed E-state index contributed by atoms with van der Waals surface area (Å²) in [7, 11) is 0. The second-order valence-electron chi connectivity index (χ2n) is 7.58. The topological polar surface area (TPSA) is 63.0 Å². The monoisotopic (exact) mass is 424 g/mol. The van der Waals surface area contributed by atoms with Crippen LogP contribution in [0.25, 0.3) is 11.0 Å². The van der Waals surface area contributed by atoms with Crippen LogP contribution in [0, 0.1) is 0 Å². The number of halogens is 1.